The Morgan fingerprint density at radius 2 is 1.50 bits per heavy atom. The predicted octanol–water partition coefficient (Wildman–Crippen LogP) is 8.02. The molecule has 0 bridgehead atoms. The van der Waals surface area contributed by atoms with E-state index >= 15 is 0 Å². The molecule has 0 atom stereocenters. The van der Waals surface area contributed by atoms with Crippen molar-refractivity contribution in [3.63, 3.8) is 0 Å². The normalized spacial score (nSPS) is 12.0. The van der Waals surface area contributed by atoms with Gasteiger partial charge in [-0.1, -0.05) is 73.1 Å². The van der Waals surface area contributed by atoms with Crippen molar-refractivity contribution in [3.8, 4) is 11.3 Å². The molecule has 1 aromatic heterocycles. The molecule has 0 saturated heterocycles. The van der Waals surface area contributed by atoms with Crippen molar-refractivity contribution < 1.29 is 30.0 Å². The number of carbonyl (C=O) groups excluding carboxylic acids is 1. The Balaban J connectivity index is 0.000000364. The molecule has 1 heterocycles. The van der Waals surface area contributed by atoms with Gasteiger partial charge in [0.1, 0.15) is 5.76 Å². The minimum absolute atomic E-state index is 0. The number of aryl methyl sites for hydroxylation is 4. The first-order valence-electron chi connectivity index (χ1n) is 11.4. The molecule has 3 aromatic rings. The zero-order chi connectivity index (χ0) is 25.1. The summed E-state index contributed by atoms with van der Waals surface area (Å²) >= 11 is 0. The summed E-state index contributed by atoms with van der Waals surface area (Å²) in [6.45, 7) is 19.6. The number of carbonyl (C=O) groups is 1. The number of benzene rings is 2. The number of aromatic nitrogens is 1. The Hall–Kier alpha value is -2.29. The molecule has 4 heteroatoms. The molecule has 0 saturated carbocycles. The fraction of sp³-hybridized carbons (Fsp3) is 0.400. The Labute approximate surface area is 219 Å². The van der Waals surface area contributed by atoms with E-state index in [1.54, 1.807) is 0 Å². The van der Waals surface area contributed by atoms with Crippen molar-refractivity contribution in [1.82, 2.24) is 4.98 Å². The number of ketones is 1. The van der Waals surface area contributed by atoms with Gasteiger partial charge in [-0.2, -0.15) is 0 Å². The van der Waals surface area contributed by atoms with Gasteiger partial charge in [-0.3, -0.25) is 9.78 Å². The molecule has 34 heavy (non-hydrogen) atoms. The Kier molecular flexibility index (Phi) is 9.99. The number of hydrogen-bond donors (Lipinski definition) is 1. The van der Waals surface area contributed by atoms with Gasteiger partial charge in [-0.15, -0.1) is 34.9 Å². The van der Waals surface area contributed by atoms with E-state index < -0.39 is 5.41 Å². The summed E-state index contributed by atoms with van der Waals surface area (Å²) in [4.78, 5) is 16.3. The van der Waals surface area contributed by atoms with Crippen LogP contribution in [0.3, 0.4) is 0 Å². The minimum atomic E-state index is -0.417. The van der Waals surface area contributed by atoms with Gasteiger partial charge in [0, 0.05) is 42.4 Å². The number of aliphatic hydroxyl groups excluding tert-OH is 1. The number of pyridine rings is 1. The molecule has 0 fully saturated rings. The van der Waals surface area contributed by atoms with Crippen molar-refractivity contribution >= 4 is 16.7 Å². The second kappa shape index (κ2) is 11.4. The van der Waals surface area contributed by atoms with Gasteiger partial charge in [0.05, 0.1) is 5.52 Å². The molecule has 3 rings (SSSR count). The minimum Gasteiger partial charge on any atom is -0.512 e. The Morgan fingerprint density at radius 3 is 2.03 bits per heavy atom. The van der Waals surface area contributed by atoms with Gasteiger partial charge in [0.25, 0.3) is 0 Å². The van der Waals surface area contributed by atoms with Crippen LogP contribution in [0.15, 0.2) is 48.2 Å². The van der Waals surface area contributed by atoms with Gasteiger partial charge in [-0.25, -0.2) is 0 Å². The quantitative estimate of drug-likeness (QED) is 0.176. The van der Waals surface area contributed by atoms with Crippen LogP contribution in [0.5, 0.6) is 0 Å². The summed E-state index contributed by atoms with van der Waals surface area (Å²) in [6.07, 6.45) is 1.33. The maximum absolute atomic E-state index is 11.5. The van der Waals surface area contributed by atoms with Crippen LogP contribution in [-0.4, -0.2) is 15.9 Å². The summed E-state index contributed by atoms with van der Waals surface area (Å²) in [5, 5.41) is 10.8. The Bertz CT molecular complexity index is 1170. The monoisotopic (exact) mass is 637 g/mol. The van der Waals surface area contributed by atoms with E-state index in [1.807, 2.05) is 41.5 Å². The van der Waals surface area contributed by atoms with Crippen LogP contribution in [-0.2, 0) is 24.9 Å². The van der Waals surface area contributed by atoms with E-state index in [0.29, 0.717) is 0 Å². The average molecular weight is 637 g/mol. The summed E-state index contributed by atoms with van der Waals surface area (Å²) in [7, 11) is 0. The zero-order valence-electron chi connectivity index (χ0n) is 22.2. The Morgan fingerprint density at radius 1 is 0.882 bits per heavy atom. The summed E-state index contributed by atoms with van der Waals surface area (Å²) in [5.41, 5.74) is 7.31. The van der Waals surface area contributed by atoms with E-state index in [4.69, 9.17) is 4.98 Å². The molecular weight excluding hydrogens is 599 g/mol. The summed E-state index contributed by atoms with van der Waals surface area (Å²) in [6, 6.07) is 16.3. The van der Waals surface area contributed by atoms with E-state index in [2.05, 4.69) is 70.2 Å². The van der Waals surface area contributed by atoms with E-state index in [0.717, 1.165) is 22.3 Å². The molecule has 0 spiro atoms. The second-order valence-corrected chi connectivity index (χ2v) is 11.0. The number of fused-ring (bicyclic) bond motifs is 1. The van der Waals surface area contributed by atoms with Crippen molar-refractivity contribution in [3.05, 3.63) is 76.6 Å². The third-order valence-corrected chi connectivity index (χ3v) is 5.37. The maximum atomic E-state index is 11.5. The van der Waals surface area contributed by atoms with Crippen LogP contribution < -0.4 is 0 Å². The number of aliphatic hydroxyl groups is 1. The van der Waals surface area contributed by atoms with Gasteiger partial charge in [0.2, 0.25) is 0 Å². The van der Waals surface area contributed by atoms with Crippen LogP contribution in [0.4, 0.5) is 0 Å². The van der Waals surface area contributed by atoms with Gasteiger partial charge < -0.3 is 5.11 Å². The van der Waals surface area contributed by atoms with Gasteiger partial charge in [0.15, 0.2) is 5.78 Å². The van der Waals surface area contributed by atoms with E-state index in [9.17, 15) is 9.90 Å². The topological polar surface area (TPSA) is 50.2 Å². The third kappa shape index (κ3) is 8.18. The van der Waals surface area contributed by atoms with Crippen LogP contribution in [0.25, 0.3) is 22.2 Å². The van der Waals surface area contributed by atoms with Crippen molar-refractivity contribution in [2.75, 3.05) is 0 Å². The van der Waals surface area contributed by atoms with Crippen LogP contribution in [0.2, 0.25) is 0 Å². The molecular formula is C30H38IrNO2-. The van der Waals surface area contributed by atoms with Gasteiger partial charge >= 0.3 is 0 Å². The summed E-state index contributed by atoms with van der Waals surface area (Å²) in [5.74, 6) is 0.104. The van der Waals surface area contributed by atoms with Crippen molar-refractivity contribution in [2.45, 2.75) is 69.2 Å². The van der Waals surface area contributed by atoms with Gasteiger partial charge in [-0.05, 0) is 37.2 Å². The molecule has 1 radical (unpaired) electrons. The second-order valence-electron chi connectivity index (χ2n) is 11.0. The summed E-state index contributed by atoms with van der Waals surface area (Å²) < 4.78 is 0. The predicted molar refractivity (Wildman–Crippen MR) is 140 cm³/mol. The fourth-order valence-electron chi connectivity index (χ4n) is 3.24. The van der Waals surface area contributed by atoms with E-state index in [1.165, 1.54) is 28.2 Å². The van der Waals surface area contributed by atoms with Crippen molar-refractivity contribution in [2.24, 2.45) is 10.8 Å². The number of nitrogens with zero attached hydrogens (tertiary/aromatic N) is 1. The molecule has 0 unspecified atom stereocenters. The molecule has 1 N–H and O–H groups in total. The standard InChI is InChI=1S/C19H18N.C11H20O2.Ir/c1-12-5-6-18-17(10-12)15(4)11-19(20-18)16-8-13(2)7-14(3)9-16;1-10(2,3)8(12)7-9(13)11(4,5)6;/h5-8,10-11H,1-4H3;7,12H,1-6H3;/q-1;;. The third-order valence-electron chi connectivity index (χ3n) is 5.37. The first-order valence-corrected chi connectivity index (χ1v) is 11.4. The van der Waals surface area contributed by atoms with Crippen LogP contribution in [0, 0.1) is 44.6 Å². The molecule has 0 aliphatic heterocycles. The molecule has 185 valence electrons. The maximum Gasteiger partial charge on any atom is 0.164 e. The number of rotatable bonds is 2. The van der Waals surface area contributed by atoms with Crippen molar-refractivity contribution in [1.29, 1.82) is 0 Å². The molecule has 0 amide bonds. The van der Waals surface area contributed by atoms with E-state index in [-0.39, 0.29) is 37.1 Å². The first-order chi connectivity index (χ1) is 15.1. The fourth-order valence-corrected chi connectivity index (χ4v) is 3.24. The molecule has 3 nitrogen and oxygen atoms in total. The smallest absolute Gasteiger partial charge is 0.164 e. The SMILES string of the molecule is CC(C)(C)C(=O)C=C(O)C(C)(C)C.Cc1[c-]c(-c2cc(C)c3cc(C)ccc3n2)cc(C)c1.[Ir]. The largest absolute Gasteiger partial charge is 0.512 e. The average Bonchev–Trinajstić information content (AvgIpc) is 2.66. The van der Waals surface area contributed by atoms with Crippen LogP contribution >= 0.6 is 0 Å². The first kappa shape index (κ1) is 29.7. The van der Waals surface area contributed by atoms with Crippen LogP contribution in [0.1, 0.15) is 63.8 Å². The number of allylic oxidation sites excluding steroid dienone is 2. The molecule has 0 aliphatic rings. The molecule has 2 aromatic carbocycles. The zero-order valence-corrected chi connectivity index (χ0v) is 24.6. The number of hydrogen-bond acceptors (Lipinski definition) is 3. The molecule has 0 aliphatic carbocycles.